The van der Waals surface area contributed by atoms with E-state index < -0.39 is 6.10 Å². The van der Waals surface area contributed by atoms with Gasteiger partial charge in [-0.05, 0) is 31.1 Å². The Labute approximate surface area is 368 Å². The third-order valence-electron chi connectivity index (χ3n) is 12.3. The molecule has 0 aliphatic heterocycles. The van der Waals surface area contributed by atoms with Crippen molar-refractivity contribution in [1.82, 2.24) is 0 Å². The molecule has 0 bridgehead atoms. The van der Waals surface area contributed by atoms with Crippen LogP contribution in [-0.2, 0) is 28.6 Å². The van der Waals surface area contributed by atoms with E-state index in [1.807, 2.05) is 0 Å². The van der Waals surface area contributed by atoms with Gasteiger partial charge in [-0.15, -0.1) is 0 Å². The number of rotatable bonds is 47. The van der Waals surface area contributed by atoms with Crippen molar-refractivity contribution in [2.45, 2.75) is 298 Å². The van der Waals surface area contributed by atoms with Crippen LogP contribution in [0, 0.1) is 11.8 Å². The van der Waals surface area contributed by atoms with Gasteiger partial charge in [0.1, 0.15) is 13.2 Å². The Morgan fingerprint density at radius 1 is 0.356 bits per heavy atom. The van der Waals surface area contributed by atoms with E-state index in [1.165, 1.54) is 180 Å². The van der Waals surface area contributed by atoms with E-state index in [2.05, 4.69) is 34.6 Å². The average Bonchev–Trinajstić information content (AvgIpc) is 3.22. The maximum absolute atomic E-state index is 12.8. The smallest absolute Gasteiger partial charge is 0.306 e. The molecule has 0 amide bonds. The van der Waals surface area contributed by atoms with Crippen LogP contribution in [0.25, 0.3) is 0 Å². The van der Waals surface area contributed by atoms with Gasteiger partial charge < -0.3 is 14.2 Å². The van der Waals surface area contributed by atoms with Crippen LogP contribution in [0.5, 0.6) is 0 Å². The quantitative estimate of drug-likeness (QED) is 0.0345. The summed E-state index contributed by atoms with van der Waals surface area (Å²) in [6, 6.07) is 0. The molecule has 0 N–H and O–H groups in total. The minimum absolute atomic E-state index is 0.0650. The predicted molar refractivity (Wildman–Crippen MR) is 252 cm³/mol. The Hall–Kier alpha value is -1.59. The molecule has 0 aliphatic rings. The SMILES string of the molecule is CCCCCCCCCCCCCCCCCCCCCC(=O)O[C@H](COC(=O)CCCCCCCCCCCC(C)C)COC(=O)CCCCCCCCC(C)CC. The second-order valence-electron chi connectivity index (χ2n) is 18.9. The van der Waals surface area contributed by atoms with Gasteiger partial charge in [0.05, 0.1) is 0 Å². The number of hydrogen-bond donors (Lipinski definition) is 0. The first-order valence-corrected chi connectivity index (χ1v) is 26.3. The molecule has 6 nitrogen and oxygen atoms in total. The van der Waals surface area contributed by atoms with Crippen molar-refractivity contribution in [2.24, 2.45) is 11.8 Å². The summed E-state index contributed by atoms with van der Waals surface area (Å²) in [4.78, 5) is 37.9. The summed E-state index contributed by atoms with van der Waals surface area (Å²) < 4.78 is 16.8. The molecule has 0 aromatic rings. The van der Waals surface area contributed by atoms with Gasteiger partial charge in [-0.1, -0.05) is 253 Å². The van der Waals surface area contributed by atoms with E-state index in [9.17, 15) is 14.4 Å². The molecular weight excluding hydrogens is 733 g/mol. The molecule has 0 radical (unpaired) electrons. The van der Waals surface area contributed by atoms with Crippen molar-refractivity contribution in [3.05, 3.63) is 0 Å². The highest BCUT2D eigenvalue weighted by Crippen LogP contribution is 2.18. The maximum Gasteiger partial charge on any atom is 0.306 e. The van der Waals surface area contributed by atoms with Crippen molar-refractivity contribution in [3.8, 4) is 0 Å². The third kappa shape index (κ3) is 45.8. The first-order valence-electron chi connectivity index (χ1n) is 26.3. The molecule has 6 heteroatoms. The second-order valence-corrected chi connectivity index (χ2v) is 18.9. The van der Waals surface area contributed by atoms with Crippen molar-refractivity contribution in [3.63, 3.8) is 0 Å². The van der Waals surface area contributed by atoms with Crippen molar-refractivity contribution < 1.29 is 28.6 Å². The lowest BCUT2D eigenvalue weighted by Crippen LogP contribution is -2.30. The zero-order valence-corrected chi connectivity index (χ0v) is 40.4. The molecule has 0 spiro atoms. The first kappa shape index (κ1) is 57.4. The lowest BCUT2D eigenvalue weighted by molar-refractivity contribution is -0.167. The van der Waals surface area contributed by atoms with Crippen molar-refractivity contribution >= 4 is 17.9 Å². The number of hydrogen-bond acceptors (Lipinski definition) is 6. The Bertz CT molecular complexity index is 902. The van der Waals surface area contributed by atoms with Gasteiger partial charge in [-0.25, -0.2) is 0 Å². The highest BCUT2D eigenvalue weighted by Gasteiger charge is 2.19. The van der Waals surface area contributed by atoms with E-state index in [0.29, 0.717) is 19.3 Å². The largest absolute Gasteiger partial charge is 0.462 e. The Kier molecular flexibility index (Phi) is 44.7. The van der Waals surface area contributed by atoms with Crippen LogP contribution in [0.1, 0.15) is 291 Å². The van der Waals surface area contributed by atoms with Crippen molar-refractivity contribution in [1.29, 1.82) is 0 Å². The lowest BCUT2D eigenvalue weighted by Gasteiger charge is -2.18. The molecule has 0 aromatic heterocycles. The van der Waals surface area contributed by atoms with Gasteiger partial charge in [0, 0.05) is 19.3 Å². The molecule has 2 atom stereocenters. The number of ether oxygens (including phenoxy) is 3. The van der Waals surface area contributed by atoms with E-state index in [4.69, 9.17) is 14.2 Å². The van der Waals surface area contributed by atoms with Crippen LogP contribution in [0.15, 0.2) is 0 Å². The summed E-state index contributed by atoms with van der Waals surface area (Å²) >= 11 is 0. The molecule has 1 unspecified atom stereocenters. The molecule has 0 saturated carbocycles. The molecule has 0 saturated heterocycles. The van der Waals surface area contributed by atoms with Crippen LogP contribution in [0.3, 0.4) is 0 Å². The Morgan fingerprint density at radius 3 is 0.966 bits per heavy atom. The fourth-order valence-corrected chi connectivity index (χ4v) is 7.96. The molecule has 0 aliphatic carbocycles. The third-order valence-corrected chi connectivity index (χ3v) is 12.3. The fourth-order valence-electron chi connectivity index (χ4n) is 7.96. The number of esters is 3. The molecule has 0 aromatic carbocycles. The van der Waals surface area contributed by atoms with Gasteiger partial charge in [0.2, 0.25) is 0 Å². The molecule has 0 rings (SSSR count). The molecular formula is C53H102O6. The van der Waals surface area contributed by atoms with Gasteiger partial charge >= 0.3 is 17.9 Å². The van der Waals surface area contributed by atoms with Gasteiger partial charge in [-0.2, -0.15) is 0 Å². The number of carbonyl (C=O) groups is 3. The zero-order chi connectivity index (χ0) is 43.3. The summed E-state index contributed by atoms with van der Waals surface area (Å²) in [5.74, 6) is 0.770. The van der Waals surface area contributed by atoms with Crippen LogP contribution < -0.4 is 0 Å². The van der Waals surface area contributed by atoms with Gasteiger partial charge in [0.25, 0.3) is 0 Å². The van der Waals surface area contributed by atoms with Crippen LogP contribution in [0.4, 0.5) is 0 Å². The molecule has 0 heterocycles. The van der Waals surface area contributed by atoms with Crippen LogP contribution >= 0.6 is 0 Å². The normalized spacial score (nSPS) is 12.5. The van der Waals surface area contributed by atoms with E-state index >= 15 is 0 Å². The minimum Gasteiger partial charge on any atom is -0.462 e. The summed E-state index contributed by atoms with van der Waals surface area (Å²) in [5.41, 5.74) is 0. The first-order chi connectivity index (χ1) is 28.8. The highest BCUT2D eigenvalue weighted by molar-refractivity contribution is 5.71. The van der Waals surface area contributed by atoms with E-state index in [1.54, 1.807) is 0 Å². The average molecular weight is 835 g/mol. The standard InChI is InChI=1S/C53H102O6/c1-6-8-9-10-11-12-13-14-15-16-17-18-19-20-21-24-28-35-40-45-53(56)59-50(47-58-52(55)44-39-34-30-29-32-37-42-49(5)7-2)46-57-51(54)43-38-33-27-25-22-23-26-31-36-41-48(3)4/h48-50H,6-47H2,1-5H3/t49?,50-/m1/s1. The van der Waals surface area contributed by atoms with Crippen LogP contribution in [-0.4, -0.2) is 37.2 Å². The second kappa shape index (κ2) is 45.9. The highest BCUT2D eigenvalue weighted by atomic mass is 16.6. The Balaban J connectivity index is 4.26. The summed E-state index contributed by atoms with van der Waals surface area (Å²) in [5, 5.41) is 0. The van der Waals surface area contributed by atoms with Gasteiger partial charge in [-0.3, -0.25) is 14.4 Å². The number of unbranched alkanes of at least 4 members (excludes halogenated alkanes) is 31. The zero-order valence-electron chi connectivity index (χ0n) is 40.4. The molecule has 59 heavy (non-hydrogen) atoms. The predicted octanol–water partition coefficient (Wildman–Crippen LogP) is 16.9. The number of carbonyl (C=O) groups excluding carboxylic acids is 3. The van der Waals surface area contributed by atoms with Gasteiger partial charge in [0.15, 0.2) is 6.10 Å². The lowest BCUT2D eigenvalue weighted by atomic mass is 10.00. The fraction of sp³-hybridized carbons (Fsp3) is 0.943. The monoisotopic (exact) mass is 835 g/mol. The van der Waals surface area contributed by atoms with E-state index in [0.717, 1.165) is 69.6 Å². The van der Waals surface area contributed by atoms with E-state index in [-0.39, 0.29) is 31.1 Å². The van der Waals surface area contributed by atoms with Crippen LogP contribution in [0.2, 0.25) is 0 Å². The van der Waals surface area contributed by atoms with Crippen molar-refractivity contribution in [2.75, 3.05) is 13.2 Å². The maximum atomic E-state index is 12.8. The Morgan fingerprint density at radius 2 is 0.644 bits per heavy atom. The summed E-state index contributed by atoms with van der Waals surface area (Å²) in [6.07, 6.45) is 46.7. The minimum atomic E-state index is -0.762. The molecule has 350 valence electrons. The summed E-state index contributed by atoms with van der Waals surface area (Å²) in [7, 11) is 0. The molecule has 0 fully saturated rings. The summed E-state index contributed by atoms with van der Waals surface area (Å²) in [6.45, 7) is 11.3. The topological polar surface area (TPSA) is 78.9 Å².